The number of hydrogen-bond acceptors (Lipinski definition) is 2. The van der Waals surface area contributed by atoms with Crippen LogP contribution in [0.2, 0.25) is 0 Å². The summed E-state index contributed by atoms with van der Waals surface area (Å²) in [6.07, 6.45) is 0. The van der Waals surface area contributed by atoms with E-state index in [9.17, 15) is 13.6 Å². The summed E-state index contributed by atoms with van der Waals surface area (Å²) < 4.78 is 30.0. The number of ether oxygens (including phenoxy) is 1. The van der Waals surface area contributed by atoms with Crippen molar-refractivity contribution in [2.75, 3.05) is 13.3 Å². The Morgan fingerprint density at radius 2 is 1.94 bits per heavy atom. The van der Waals surface area contributed by atoms with Gasteiger partial charge in [0, 0.05) is 0 Å². The molecular weight excluding hydrogens is 250 g/mol. The van der Waals surface area contributed by atoms with Crippen LogP contribution >= 0.6 is 11.6 Å². The van der Waals surface area contributed by atoms with Gasteiger partial charge >= 0.3 is 5.97 Å². The van der Waals surface area contributed by atoms with Crippen molar-refractivity contribution in [3.63, 3.8) is 0 Å². The molecular formula is C12H11ClF2O2. The molecule has 92 valence electrons. The number of carbonyl (C=O) groups is 1. The number of benzene rings is 1. The van der Waals surface area contributed by atoms with Gasteiger partial charge in [0.25, 0.3) is 0 Å². The zero-order chi connectivity index (χ0) is 12.8. The third-order valence-electron chi connectivity index (χ3n) is 2.00. The Bertz CT molecular complexity index is 427. The highest BCUT2D eigenvalue weighted by Gasteiger charge is 2.17. The van der Waals surface area contributed by atoms with E-state index in [0.717, 1.165) is 12.1 Å². The van der Waals surface area contributed by atoms with Gasteiger partial charge < -0.3 is 4.74 Å². The molecule has 0 radical (unpaired) electrons. The van der Waals surface area contributed by atoms with Gasteiger partial charge in [0.2, 0.25) is 0 Å². The van der Waals surface area contributed by atoms with Crippen molar-refractivity contribution in [1.29, 1.82) is 0 Å². The fourth-order valence-electron chi connectivity index (χ4n) is 1.27. The molecule has 0 heterocycles. The molecule has 17 heavy (non-hydrogen) atoms. The molecule has 1 aromatic rings. The van der Waals surface area contributed by atoms with Crippen LogP contribution in [0, 0.1) is 5.82 Å². The largest absolute Gasteiger partial charge is 0.462 e. The summed E-state index contributed by atoms with van der Waals surface area (Å²) in [5.74, 6) is -1.17. The SMILES string of the molecule is CCOC(=O)C(=C(Cl)CF)c1ccc(F)cc1. The molecule has 0 N–H and O–H groups in total. The average Bonchev–Trinajstić information content (AvgIpc) is 2.32. The van der Waals surface area contributed by atoms with Crippen LogP contribution in [0.3, 0.4) is 0 Å². The molecule has 0 aliphatic carbocycles. The van der Waals surface area contributed by atoms with Crippen LogP contribution < -0.4 is 0 Å². The number of rotatable bonds is 4. The van der Waals surface area contributed by atoms with E-state index < -0.39 is 18.5 Å². The molecule has 1 rings (SSSR count). The van der Waals surface area contributed by atoms with Gasteiger partial charge in [-0.25, -0.2) is 13.6 Å². The van der Waals surface area contributed by atoms with Crippen LogP contribution in [0.25, 0.3) is 5.57 Å². The molecule has 0 atom stereocenters. The molecule has 0 aliphatic heterocycles. The summed E-state index contributed by atoms with van der Waals surface area (Å²) in [6, 6.07) is 5.02. The molecule has 0 aliphatic rings. The molecule has 5 heteroatoms. The Morgan fingerprint density at radius 1 is 1.35 bits per heavy atom. The Morgan fingerprint density at radius 3 is 2.41 bits per heavy atom. The van der Waals surface area contributed by atoms with E-state index in [1.165, 1.54) is 12.1 Å². The van der Waals surface area contributed by atoms with E-state index in [0.29, 0.717) is 5.56 Å². The van der Waals surface area contributed by atoms with Gasteiger partial charge in [-0.3, -0.25) is 0 Å². The lowest BCUT2D eigenvalue weighted by Gasteiger charge is -2.08. The third kappa shape index (κ3) is 3.53. The molecule has 0 unspecified atom stereocenters. The second-order valence-electron chi connectivity index (χ2n) is 3.14. The highest BCUT2D eigenvalue weighted by Crippen LogP contribution is 2.23. The van der Waals surface area contributed by atoms with Gasteiger partial charge in [-0.05, 0) is 24.6 Å². The minimum absolute atomic E-state index is 0.0731. The Hall–Kier alpha value is -1.42. The van der Waals surface area contributed by atoms with Crippen molar-refractivity contribution in [2.45, 2.75) is 6.92 Å². The molecule has 0 bridgehead atoms. The lowest BCUT2D eigenvalue weighted by atomic mass is 10.1. The van der Waals surface area contributed by atoms with Gasteiger partial charge in [0.1, 0.15) is 12.5 Å². The lowest BCUT2D eigenvalue weighted by molar-refractivity contribution is -0.136. The molecule has 0 saturated heterocycles. The lowest BCUT2D eigenvalue weighted by Crippen LogP contribution is -2.09. The predicted octanol–water partition coefficient (Wildman–Crippen LogP) is 3.31. The molecule has 0 aromatic heterocycles. The van der Waals surface area contributed by atoms with Crippen molar-refractivity contribution >= 4 is 23.1 Å². The number of carbonyl (C=O) groups excluding carboxylic acids is 1. The predicted molar refractivity (Wildman–Crippen MR) is 61.8 cm³/mol. The minimum Gasteiger partial charge on any atom is -0.462 e. The molecule has 0 saturated carbocycles. The maximum Gasteiger partial charge on any atom is 0.340 e. The molecule has 0 amide bonds. The molecule has 2 nitrogen and oxygen atoms in total. The Labute approximate surface area is 103 Å². The summed E-state index contributed by atoms with van der Waals surface area (Å²) >= 11 is 5.65. The fourth-order valence-corrected chi connectivity index (χ4v) is 1.46. The highest BCUT2D eigenvalue weighted by molar-refractivity contribution is 6.38. The number of esters is 1. The van der Waals surface area contributed by atoms with Crippen molar-refractivity contribution in [3.8, 4) is 0 Å². The van der Waals surface area contributed by atoms with Crippen molar-refractivity contribution in [1.82, 2.24) is 0 Å². The van der Waals surface area contributed by atoms with Gasteiger partial charge in [0.05, 0.1) is 17.2 Å². The molecule has 0 spiro atoms. The number of hydrogen-bond donors (Lipinski definition) is 0. The first-order valence-corrected chi connectivity index (χ1v) is 5.35. The monoisotopic (exact) mass is 260 g/mol. The van der Waals surface area contributed by atoms with Crippen LogP contribution in [-0.4, -0.2) is 19.3 Å². The number of alkyl halides is 1. The summed E-state index contributed by atoms with van der Waals surface area (Å²) in [6.45, 7) is 0.802. The Kier molecular flexibility index (Phi) is 5.10. The zero-order valence-electron chi connectivity index (χ0n) is 9.17. The smallest absolute Gasteiger partial charge is 0.340 e. The van der Waals surface area contributed by atoms with Crippen LogP contribution in [0.15, 0.2) is 29.3 Å². The number of allylic oxidation sites excluding steroid dienone is 1. The third-order valence-corrected chi connectivity index (χ3v) is 2.29. The highest BCUT2D eigenvalue weighted by atomic mass is 35.5. The zero-order valence-corrected chi connectivity index (χ0v) is 9.93. The quantitative estimate of drug-likeness (QED) is 0.613. The Balaban J connectivity index is 3.16. The first kappa shape index (κ1) is 13.6. The summed E-state index contributed by atoms with van der Waals surface area (Å²) in [5, 5.41) is -0.255. The van der Waals surface area contributed by atoms with E-state index in [-0.39, 0.29) is 17.2 Å². The summed E-state index contributed by atoms with van der Waals surface area (Å²) in [5.41, 5.74) is 0.253. The topological polar surface area (TPSA) is 26.3 Å². The first-order chi connectivity index (χ1) is 8.10. The van der Waals surface area contributed by atoms with Gasteiger partial charge in [-0.1, -0.05) is 23.7 Å². The standard InChI is InChI=1S/C12H11ClF2O2/c1-2-17-12(16)11(10(13)7-14)8-3-5-9(15)6-4-8/h3-6H,2,7H2,1H3. The fraction of sp³-hybridized carbons (Fsp3) is 0.250. The second-order valence-corrected chi connectivity index (χ2v) is 3.60. The average molecular weight is 261 g/mol. The molecule has 0 fully saturated rings. The van der Waals surface area contributed by atoms with Crippen molar-refractivity contribution in [2.24, 2.45) is 0 Å². The number of halogens is 3. The van der Waals surface area contributed by atoms with Crippen molar-refractivity contribution in [3.05, 3.63) is 40.7 Å². The molecule has 1 aromatic carbocycles. The van der Waals surface area contributed by atoms with E-state index in [1.807, 2.05) is 0 Å². The van der Waals surface area contributed by atoms with Crippen LogP contribution in [-0.2, 0) is 9.53 Å². The van der Waals surface area contributed by atoms with Crippen LogP contribution in [0.5, 0.6) is 0 Å². The van der Waals surface area contributed by atoms with Crippen LogP contribution in [0.4, 0.5) is 8.78 Å². The van der Waals surface area contributed by atoms with Gasteiger partial charge in [-0.2, -0.15) is 0 Å². The van der Waals surface area contributed by atoms with E-state index in [2.05, 4.69) is 0 Å². The maximum absolute atomic E-state index is 12.7. The normalized spacial score (nSPS) is 12.0. The first-order valence-electron chi connectivity index (χ1n) is 4.97. The van der Waals surface area contributed by atoms with Crippen molar-refractivity contribution < 1.29 is 18.3 Å². The van der Waals surface area contributed by atoms with Crippen LogP contribution in [0.1, 0.15) is 12.5 Å². The van der Waals surface area contributed by atoms with E-state index in [4.69, 9.17) is 16.3 Å². The summed E-state index contributed by atoms with van der Waals surface area (Å²) in [4.78, 5) is 11.6. The van der Waals surface area contributed by atoms with Gasteiger partial charge in [-0.15, -0.1) is 0 Å². The van der Waals surface area contributed by atoms with Gasteiger partial charge in [0.15, 0.2) is 0 Å². The minimum atomic E-state index is -0.979. The second kappa shape index (κ2) is 6.35. The van der Waals surface area contributed by atoms with E-state index in [1.54, 1.807) is 6.92 Å². The maximum atomic E-state index is 12.7. The van der Waals surface area contributed by atoms with E-state index >= 15 is 0 Å². The summed E-state index contributed by atoms with van der Waals surface area (Å²) in [7, 11) is 0.